The highest BCUT2D eigenvalue weighted by Crippen LogP contribution is 2.21. The maximum absolute atomic E-state index is 12.3. The maximum Gasteiger partial charge on any atom is 0.282 e. The van der Waals surface area contributed by atoms with Crippen LogP contribution in [0.15, 0.2) is 24.3 Å². The summed E-state index contributed by atoms with van der Waals surface area (Å²) >= 11 is 0. The number of hydrogen-bond acceptors (Lipinski definition) is 4. The van der Waals surface area contributed by atoms with E-state index in [1.54, 1.807) is 17.0 Å². The second kappa shape index (κ2) is 5.14. The van der Waals surface area contributed by atoms with Crippen LogP contribution in [-0.2, 0) is 0 Å². The number of benzene rings is 1. The number of hydrogen-bond donors (Lipinski definition) is 1. The van der Waals surface area contributed by atoms with Gasteiger partial charge in [-0.1, -0.05) is 12.1 Å². The molecule has 1 heterocycles. The number of nitrogens with zero attached hydrogens (tertiary/aromatic N) is 2. The van der Waals surface area contributed by atoms with Crippen LogP contribution in [0.4, 0.5) is 5.69 Å². The summed E-state index contributed by atoms with van der Waals surface area (Å²) in [5.74, 6) is -0.267. The van der Waals surface area contributed by atoms with Crippen LogP contribution in [0, 0.1) is 10.1 Å². The summed E-state index contributed by atoms with van der Waals surface area (Å²) in [6.07, 6.45) is 0. The number of carbonyl (C=O) groups is 1. The molecule has 2 rings (SSSR count). The smallest absolute Gasteiger partial charge is 0.282 e. The lowest BCUT2D eigenvalue weighted by atomic mass is 10.1. The quantitative estimate of drug-likeness (QED) is 0.638. The van der Waals surface area contributed by atoms with E-state index in [1.807, 2.05) is 6.92 Å². The SMILES string of the molecule is CCN(C(=O)c1ccccc1[N+](=O)[O-])C1CNC1. The standard InChI is InChI=1S/C12H15N3O3/c1-2-14(9-7-13-8-9)12(16)10-5-3-4-6-11(10)15(17)18/h3-6,9,13H,2,7-8H2,1H3. The first kappa shape index (κ1) is 12.5. The van der Waals surface area contributed by atoms with Gasteiger partial charge in [-0.3, -0.25) is 14.9 Å². The number of nitro groups is 1. The van der Waals surface area contributed by atoms with Crippen molar-refractivity contribution in [3.8, 4) is 0 Å². The molecule has 0 aliphatic carbocycles. The van der Waals surface area contributed by atoms with Crippen molar-refractivity contribution in [1.82, 2.24) is 10.2 Å². The highest BCUT2D eigenvalue weighted by atomic mass is 16.6. The molecule has 0 aromatic heterocycles. The first-order valence-electron chi connectivity index (χ1n) is 5.90. The molecule has 1 aliphatic heterocycles. The largest absolute Gasteiger partial charge is 0.333 e. The lowest BCUT2D eigenvalue weighted by molar-refractivity contribution is -0.385. The normalized spacial score (nSPS) is 14.9. The fraction of sp³-hybridized carbons (Fsp3) is 0.417. The predicted molar refractivity (Wildman–Crippen MR) is 66.5 cm³/mol. The van der Waals surface area contributed by atoms with Crippen molar-refractivity contribution in [2.24, 2.45) is 0 Å². The molecule has 6 heteroatoms. The lowest BCUT2D eigenvalue weighted by Crippen LogP contribution is -2.58. The summed E-state index contributed by atoms with van der Waals surface area (Å²) in [4.78, 5) is 24.4. The predicted octanol–water partition coefficient (Wildman–Crippen LogP) is 1.03. The molecule has 1 aromatic carbocycles. The van der Waals surface area contributed by atoms with Crippen molar-refractivity contribution in [3.05, 3.63) is 39.9 Å². The molecule has 1 N–H and O–H groups in total. The Morgan fingerprint density at radius 1 is 1.50 bits per heavy atom. The molecule has 1 amide bonds. The van der Waals surface area contributed by atoms with E-state index in [1.165, 1.54) is 12.1 Å². The molecule has 18 heavy (non-hydrogen) atoms. The Labute approximate surface area is 105 Å². The molecule has 1 saturated heterocycles. The third kappa shape index (κ3) is 2.19. The number of nitrogens with one attached hydrogen (secondary N) is 1. The van der Waals surface area contributed by atoms with Gasteiger partial charge in [-0.25, -0.2) is 0 Å². The average Bonchev–Trinajstić information content (AvgIpc) is 2.32. The summed E-state index contributed by atoms with van der Waals surface area (Å²) < 4.78 is 0. The van der Waals surface area contributed by atoms with Gasteiger partial charge in [0.05, 0.1) is 11.0 Å². The van der Waals surface area contributed by atoms with E-state index in [-0.39, 0.29) is 23.2 Å². The highest BCUT2D eigenvalue weighted by molar-refractivity contribution is 5.98. The Balaban J connectivity index is 2.29. The van der Waals surface area contributed by atoms with E-state index in [9.17, 15) is 14.9 Å². The van der Waals surface area contributed by atoms with Crippen molar-refractivity contribution < 1.29 is 9.72 Å². The molecule has 0 saturated carbocycles. The van der Waals surface area contributed by atoms with Crippen LogP contribution < -0.4 is 5.32 Å². The number of carbonyl (C=O) groups excluding carboxylic acids is 1. The summed E-state index contributed by atoms with van der Waals surface area (Å²) in [6.45, 7) is 3.93. The zero-order chi connectivity index (χ0) is 13.1. The van der Waals surface area contributed by atoms with Gasteiger partial charge in [0.1, 0.15) is 5.56 Å². The zero-order valence-corrected chi connectivity index (χ0v) is 10.1. The van der Waals surface area contributed by atoms with Crippen LogP contribution in [-0.4, -0.2) is 41.4 Å². The minimum Gasteiger partial charge on any atom is -0.333 e. The molecule has 0 radical (unpaired) electrons. The monoisotopic (exact) mass is 249 g/mol. The van der Waals surface area contributed by atoms with Crippen molar-refractivity contribution in [3.63, 3.8) is 0 Å². The Morgan fingerprint density at radius 2 is 2.17 bits per heavy atom. The van der Waals surface area contributed by atoms with Gasteiger partial charge in [0.25, 0.3) is 11.6 Å². The molecule has 1 aliphatic rings. The van der Waals surface area contributed by atoms with Gasteiger partial charge < -0.3 is 10.2 Å². The third-order valence-electron chi connectivity index (χ3n) is 3.13. The van der Waals surface area contributed by atoms with Gasteiger partial charge >= 0.3 is 0 Å². The zero-order valence-electron chi connectivity index (χ0n) is 10.1. The molecular formula is C12H15N3O3. The fourth-order valence-electron chi connectivity index (χ4n) is 2.03. The van der Waals surface area contributed by atoms with Crippen molar-refractivity contribution in [1.29, 1.82) is 0 Å². The molecule has 96 valence electrons. The van der Waals surface area contributed by atoms with Gasteiger partial charge in [0, 0.05) is 25.7 Å². The Kier molecular flexibility index (Phi) is 3.57. The number of amides is 1. The van der Waals surface area contributed by atoms with Crippen LogP contribution in [0.3, 0.4) is 0 Å². The van der Waals surface area contributed by atoms with E-state index < -0.39 is 4.92 Å². The average molecular weight is 249 g/mol. The maximum atomic E-state index is 12.3. The summed E-state index contributed by atoms with van der Waals surface area (Å²) in [7, 11) is 0. The van der Waals surface area contributed by atoms with E-state index in [0.717, 1.165) is 13.1 Å². The second-order valence-corrected chi connectivity index (χ2v) is 4.18. The summed E-state index contributed by atoms with van der Waals surface area (Å²) in [6, 6.07) is 6.22. The van der Waals surface area contributed by atoms with E-state index in [2.05, 4.69) is 5.32 Å². The van der Waals surface area contributed by atoms with Crippen LogP contribution in [0.2, 0.25) is 0 Å². The van der Waals surface area contributed by atoms with Crippen LogP contribution in [0.1, 0.15) is 17.3 Å². The van der Waals surface area contributed by atoms with Crippen LogP contribution in [0.5, 0.6) is 0 Å². The third-order valence-corrected chi connectivity index (χ3v) is 3.13. The van der Waals surface area contributed by atoms with E-state index in [4.69, 9.17) is 0 Å². The van der Waals surface area contributed by atoms with Gasteiger partial charge in [0.2, 0.25) is 0 Å². The van der Waals surface area contributed by atoms with Gasteiger partial charge in [-0.05, 0) is 13.0 Å². The van der Waals surface area contributed by atoms with Gasteiger partial charge in [-0.2, -0.15) is 0 Å². The first-order valence-corrected chi connectivity index (χ1v) is 5.90. The Hall–Kier alpha value is -1.95. The fourth-order valence-corrected chi connectivity index (χ4v) is 2.03. The van der Waals surface area contributed by atoms with Gasteiger partial charge in [0.15, 0.2) is 0 Å². The first-order chi connectivity index (χ1) is 8.65. The van der Waals surface area contributed by atoms with Gasteiger partial charge in [-0.15, -0.1) is 0 Å². The minimum atomic E-state index is -0.514. The van der Waals surface area contributed by atoms with Crippen LogP contribution in [0.25, 0.3) is 0 Å². The second-order valence-electron chi connectivity index (χ2n) is 4.18. The highest BCUT2D eigenvalue weighted by Gasteiger charge is 2.31. The number of rotatable bonds is 4. The number of likely N-dealkylation sites (N-methyl/N-ethyl adjacent to an activating group) is 1. The number of nitro benzene ring substituents is 1. The van der Waals surface area contributed by atoms with Crippen molar-refractivity contribution in [2.75, 3.05) is 19.6 Å². The van der Waals surface area contributed by atoms with E-state index >= 15 is 0 Å². The van der Waals surface area contributed by atoms with Crippen LogP contribution >= 0.6 is 0 Å². The molecule has 0 atom stereocenters. The Morgan fingerprint density at radius 3 is 2.67 bits per heavy atom. The minimum absolute atomic E-state index is 0.131. The molecule has 1 fully saturated rings. The topological polar surface area (TPSA) is 75.5 Å². The molecule has 0 bridgehead atoms. The molecule has 0 spiro atoms. The van der Waals surface area contributed by atoms with Crippen molar-refractivity contribution >= 4 is 11.6 Å². The molecular weight excluding hydrogens is 234 g/mol. The lowest BCUT2D eigenvalue weighted by Gasteiger charge is -2.37. The summed E-state index contributed by atoms with van der Waals surface area (Å²) in [5.41, 5.74) is 0.0319. The van der Waals surface area contributed by atoms with Crippen molar-refractivity contribution in [2.45, 2.75) is 13.0 Å². The molecule has 6 nitrogen and oxygen atoms in total. The molecule has 0 unspecified atom stereocenters. The number of para-hydroxylation sites is 1. The summed E-state index contributed by atoms with van der Waals surface area (Å²) in [5, 5.41) is 14.0. The Bertz CT molecular complexity index is 471. The van der Waals surface area contributed by atoms with E-state index in [0.29, 0.717) is 6.54 Å². The molecule has 1 aromatic rings.